The van der Waals surface area contributed by atoms with Gasteiger partial charge in [0.05, 0.1) is 37.8 Å². The van der Waals surface area contributed by atoms with E-state index in [1.165, 1.54) is 5.56 Å². The summed E-state index contributed by atoms with van der Waals surface area (Å²) in [7, 11) is 0. The molecule has 6 nitrogen and oxygen atoms in total. The summed E-state index contributed by atoms with van der Waals surface area (Å²) in [4.78, 5) is 19.0. The first-order chi connectivity index (χ1) is 13.1. The predicted octanol–water partition coefficient (Wildman–Crippen LogP) is 3.46. The maximum atomic E-state index is 12.4. The van der Waals surface area contributed by atoms with Gasteiger partial charge in [-0.3, -0.25) is 4.79 Å². The molecular formula is C21H23N3O3. The second-order valence-corrected chi connectivity index (χ2v) is 6.87. The summed E-state index contributed by atoms with van der Waals surface area (Å²) in [6, 6.07) is 7.89. The molecule has 4 rings (SSSR count). The summed E-state index contributed by atoms with van der Waals surface area (Å²) < 4.78 is 11.0. The Bertz CT molecular complexity index is 957. The molecule has 1 aliphatic heterocycles. The van der Waals surface area contributed by atoms with Crippen LogP contribution < -0.4 is 10.2 Å². The minimum Gasteiger partial charge on any atom is -0.464 e. The Kier molecular flexibility index (Phi) is 4.81. The van der Waals surface area contributed by atoms with Crippen LogP contribution in [0.15, 0.2) is 41.1 Å². The molecule has 1 amide bonds. The Hall–Kier alpha value is -2.86. The summed E-state index contributed by atoms with van der Waals surface area (Å²) >= 11 is 0. The highest BCUT2D eigenvalue weighted by Crippen LogP contribution is 2.27. The van der Waals surface area contributed by atoms with Gasteiger partial charge < -0.3 is 19.4 Å². The van der Waals surface area contributed by atoms with Crippen molar-refractivity contribution >= 4 is 28.4 Å². The number of carbonyl (C=O) groups excluding carboxylic acids is 1. The van der Waals surface area contributed by atoms with Crippen LogP contribution in [0, 0.1) is 13.8 Å². The second kappa shape index (κ2) is 7.40. The molecule has 27 heavy (non-hydrogen) atoms. The first-order valence-corrected chi connectivity index (χ1v) is 9.16. The minimum absolute atomic E-state index is 0.109. The highest BCUT2D eigenvalue weighted by atomic mass is 16.5. The van der Waals surface area contributed by atoms with Gasteiger partial charge in [-0.1, -0.05) is 12.1 Å². The number of anilines is 2. The number of hydrogen-bond acceptors (Lipinski definition) is 5. The normalized spacial score (nSPS) is 14.5. The number of morpholine rings is 1. The Balaban J connectivity index is 1.43. The number of carbonyl (C=O) groups is 1. The lowest BCUT2D eigenvalue weighted by atomic mass is 10.0. The topological polar surface area (TPSA) is 67.6 Å². The molecule has 0 saturated carbocycles. The molecule has 1 saturated heterocycles. The van der Waals surface area contributed by atoms with E-state index in [4.69, 9.17) is 9.15 Å². The van der Waals surface area contributed by atoms with Crippen molar-refractivity contribution in [2.75, 3.05) is 36.5 Å². The Morgan fingerprint density at radius 1 is 1.19 bits per heavy atom. The van der Waals surface area contributed by atoms with E-state index in [0.717, 1.165) is 54.1 Å². The highest BCUT2D eigenvalue weighted by molar-refractivity contribution is 5.95. The molecule has 1 aliphatic rings. The number of nitrogens with one attached hydrogen (secondary N) is 1. The van der Waals surface area contributed by atoms with Gasteiger partial charge in [0.2, 0.25) is 5.91 Å². The quantitative estimate of drug-likeness (QED) is 0.767. The smallest absolute Gasteiger partial charge is 0.230 e. The van der Waals surface area contributed by atoms with Gasteiger partial charge in [-0.15, -0.1) is 0 Å². The zero-order valence-electron chi connectivity index (χ0n) is 15.6. The molecule has 0 bridgehead atoms. The number of benzene rings is 1. The average Bonchev–Trinajstić information content (AvgIpc) is 3.09. The van der Waals surface area contributed by atoms with Crippen LogP contribution in [-0.2, 0) is 16.0 Å². The Morgan fingerprint density at radius 3 is 2.74 bits per heavy atom. The third-order valence-corrected chi connectivity index (χ3v) is 5.08. The van der Waals surface area contributed by atoms with Gasteiger partial charge in [-0.05, 0) is 37.1 Å². The molecule has 3 aromatic rings. The molecule has 0 atom stereocenters. The van der Waals surface area contributed by atoms with E-state index in [1.807, 2.05) is 25.1 Å². The maximum absolute atomic E-state index is 12.4. The lowest BCUT2D eigenvalue weighted by molar-refractivity contribution is -0.115. The van der Waals surface area contributed by atoms with E-state index in [0.29, 0.717) is 5.82 Å². The molecule has 0 spiro atoms. The van der Waals surface area contributed by atoms with Crippen molar-refractivity contribution in [3.8, 4) is 0 Å². The molecule has 0 aliphatic carbocycles. The van der Waals surface area contributed by atoms with Crippen LogP contribution in [0.4, 0.5) is 11.5 Å². The molecular weight excluding hydrogens is 342 g/mol. The monoisotopic (exact) mass is 365 g/mol. The van der Waals surface area contributed by atoms with Crippen LogP contribution in [0.25, 0.3) is 11.0 Å². The zero-order valence-corrected chi connectivity index (χ0v) is 15.6. The Morgan fingerprint density at radius 2 is 2.00 bits per heavy atom. The SMILES string of the molecule is Cc1ccc2c(CC(=O)Nc3ccc(N4CCOCC4)cn3)coc2c1C. The van der Waals surface area contributed by atoms with Crippen LogP contribution in [0.3, 0.4) is 0 Å². The van der Waals surface area contributed by atoms with Gasteiger partial charge in [0.25, 0.3) is 0 Å². The van der Waals surface area contributed by atoms with Crippen molar-refractivity contribution in [1.29, 1.82) is 0 Å². The minimum atomic E-state index is -0.109. The molecule has 1 fully saturated rings. The van der Waals surface area contributed by atoms with E-state index in [-0.39, 0.29) is 12.3 Å². The number of aromatic nitrogens is 1. The lowest BCUT2D eigenvalue weighted by Crippen LogP contribution is -2.36. The fourth-order valence-corrected chi connectivity index (χ4v) is 3.35. The maximum Gasteiger partial charge on any atom is 0.230 e. The second-order valence-electron chi connectivity index (χ2n) is 6.87. The summed E-state index contributed by atoms with van der Waals surface area (Å²) in [5.74, 6) is 0.444. The molecule has 6 heteroatoms. The van der Waals surface area contributed by atoms with Crippen LogP contribution in [-0.4, -0.2) is 37.2 Å². The van der Waals surface area contributed by atoms with Crippen molar-refractivity contribution < 1.29 is 13.9 Å². The summed E-state index contributed by atoms with van der Waals surface area (Å²) in [6.07, 6.45) is 3.72. The third-order valence-electron chi connectivity index (χ3n) is 5.08. The van der Waals surface area contributed by atoms with E-state index in [9.17, 15) is 4.79 Å². The van der Waals surface area contributed by atoms with Gasteiger partial charge in [-0.2, -0.15) is 0 Å². The highest BCUT2D eigenvalue weighted by Gasteiger charge is 2.14. The van der Waals surface area contributed by atoms with E-state index in [1.54, 1.807) is 12.5 Å². The third kappa shape index (κ3) is 3.66. The van der Waals surface area contributed by atoms with E-state index in [2.05, 4.69) is 28.2 Å². The molecule has 3 heterocycles. The summed E-state index contributed by atoms with van der Waals surface area (Å²) in [5.41, 5.74) is 5.07. The number of hydrogen-bond donors (Lipinski definition) is 1. The Labute approximate surface area is 158 Å². The molecule has 0 radical (unpaired) electrons. The lowest BCUT2D eigenvalue weighted by Gasteiger charge is -2.28. The largest absolute Gasteiger partial charge is 0.464 e. The van der Waals surface area contributed by atoms with E-state index < -0.39 is 0 Å². The number of amides is 1. The summed E-state index contributed by atoms with van der Waals surface area (Å²) in [6.45, 7) is 7.27. The van der Waals surface area contributed by atoms with Gasteiger partial charge in [-0.25, -0.2) is 4.98 Å². The first-order valence-electron chi connectivity index (χ1n) is 9.16. The molecule has 140 valence electrons. The number of aryl methyl sites for hydroxylation is 2. The van der Waals surface area contributed by atoms with Gasteiger partial charge in [0, 0.05) is 24.0 Å². The number of ether oxygens (including phenoxy) is 1. The number of fused-ring (bicyclic) bond motifs is 1. The molecule has 1 N–H and O–H groups in total. The molecule has 2 aromatic heterocycles. The number of furan rings is 1. The summed E-state index contributed by atoms with van der Waals surface area (Å²) in [5, 5.41) is 3.86. The number of rotatable bonds is 4. The van der Waals surface area contributed by atoms with Gasteiger partial charge in [0.15, 0.2) is 0 Å². The first kappa shape index (κ1) is 17.5. The standard InChI is InChI=1S/C21H23N3O3/c1-14-3-5-18-16(13-27-21(18)15(14)2)11-20(25)23-19-6-4-17(12-22-19)24-7-9-26-10-8-24/h3-6,12-13H,7-11H2,1-2H3,(H,22,23,25). The average molecular weight is 365 g/mol. The van der Waals surface area contributed by atoms with Crippen LogP contribution in [0.5, 0.6) is 0 Å². The van der Waals surface area contributed by atoms with Crippen LogP contribution in [0.1, 0.15) is 16.7 Å². The van der Waals surface area contributed by atoms with Crippen LogP contribution >= 0.6 is 0 Å². The van der Waals surface area contributed by atoms with Crippen LogP contribution in [0.2, 0.25) is 0 Å². The number of pyridine rings is 1. The van der Waals surface area contributed by atoms with Gasteiger partial charge >= 0.3 is 0 Å². The van der Waals surface area contributed by atoms with Crippen molar-refractivity contribution in [3.63, 3.8) is 0 Å². The molecule has 1 aromatic carbocycles. The predicted molar refractivity (Wildman–Crippen MR) is 105 cm³/mol. The molecule has 0 unspecified atom stereocenters. The van der Waals surface area contributed by atoms with Crippen molar-refractivity contribution in [1.82, 2.24) is 4.98 Å². The van der Waals surface area contributed by atoms with Crippen molar-refractivity contribution in [2.24, 2.45) is 0 Å². The fourth-order valence-electron chi connectivity index (χ4n) is 3.35. The van der Waals surface area contributed by atoms with E-state index >= 15 is 0 Å². The number of nitrogens with zero attached hydrogens (tertiary/aromatic N) is 2. The van der Waals surface area contributed by atoms with Crippen molar-refractivity contribution in [2.45, 2.75) is 20.3 Å². The van der Waals surface area contributed by atoms with Gasteiger partial charge in [0.1, 0.15) is 11.4 Å². The fraction of sp³-hybridized carbons (Fsp3) is 0.333. The zero-order chi connectivity index (χ0) is 18.8. The van der Waals surface area contributed by atoms with Crippen molar-refractivity contribution in [3.05, 3.63) is 53.4 Å².